The average Bonchev–Trinajstić information content (AvgIpc) is 2.71. The highest BCUT2D eigenvalue weighted by atomic mass is 35.5. The van der Waals surface area contributed by atoms with Gasteiger partial charge in [-0.15, -0.1) is 24.8 Å². The molecular formula is C12H17Cl2F2N3O. The first-order chi connectivity index (χ1) is 8.48. The van der Waals surface area contributed by atoms with Gasteiger partial charge in [0.25, 0.3) is 5.92 Å². The Morgan fingerprint density at radius 1 is 1.55 bits per heavy atom. The van der Waals surface area contributed by atoms with Crippen LogP contribution in [0.1, 0.15) is 24.9 Å². The number of pyridine rings is 1. The Morgan fingerprint density at radius 2 is 2.25 bits per heavy atom. The second kappa shape index (κ2) is 7.71. The SMILES string of the molecule is C[C@H](NC(=O)C1CC(F)(F)CN1)c1cccnc1.Cl.Cl. The molecule has 114 valence electrons. The summed E-state index contributed by atoms with van der Waals surface area (Å²) >= 11 is 0. The summed E-state index contributed by atoms with van der Waals surface area (Å²) in [5.74, 6) is -3.19. The van der Waals surface area contributed by atoms with E-state index in [1.807, 2.05) is 6.07 Å². The molecule has 0 aromatic carbocycles. The molecule has 1 saturated heterocycles. The van der Waals surface area contributed by atoms with Crippen molar-refractivity contribution in [2.75, 3.05) is 6.54 Å². The molecule has 1 aliphatic heterocycles. The molecule has 0 radical (unpaired) electrons. The number of hydrogen-bond acceptors (Lipinski definition) is 3. The van der Waals surface area contributed by atoms with Crippen LogP contribution in [0.3, 0.4) is 0 Å². The lowest BCUT2D eigenvalue weighted by Gasteiger charge is -2.17. The summed E-state index contributed by atoms with van der Waals surface area (Å²) in [6, 6.07) is 2.52. The summed E-state index contributed by atoms with van der Waals surface area (Å²) in [7, 11) is 0. The molecule has 0 bridgehead atoms. The first-order valence-corrected chi connectivity index (χ1v) is 5.79. The summed E-state index contributed by atoms with van der Waals surface area (Å²) in [5.41, 5.74) is 0.843. The number of aromatic nitrogens is 1. The summed E-state index contributed by atoms with van der Waals surface area (Å²) in [6.45, 7) is 1.36. The molecule has 2 N–H and O–H groups in total. The number of nitrogens with zero attached hydrogens (tertiary/aromatic N) is 1. The molecule has 4 nitrogen and oxygen atoms in total. The Kier molecular flexibility index (Phi) is 7.33. The number of nitrogens with one attached hydrogen (secondary N) is 2. The van der Waals surface area contributed by atoms with Crippen molar-refractivity contribution >= 4 is 30.7 Å². The fourth-order valence-corrected chi connectivity index (χ4v) is 1.93. The highest BCUT2D eigenvalue weighted by Gasteiger charge is 2.42. The second-order valence-corrected chi connectivity index (χ2v) is 4.51. The van der Waals surface area contributed by atoms with E-state index in [9.17, 15) is 13.6 Å². The summed E-state index contributed by atoms with van der Waals surface area (Å²) in [4.78, 5) is 15.7. The van der Waals surface area contributed by atoms with E-state index in [0.29, 0.717) is 0 Å². The van der Waals surface area contributed by atoms with Crippen LogP contribution in [0.4, 0.5) is 8.78 Å². The molecule has 0 aliphatic carbocycles. The van der Waals surface area contributed by atoms with Gasteiger partial charge in [0, 0.05) is 18.8 Å². The van der Waals surface area contributed by atoms with Crippen molar-refractivity contribution in [1.29, 1.82) is 0 Å². The normalized spacial score (nSPS) is 21.2. The van der Waals surface area contributed by atoms with Crippen LogP contribution in [0, 0.1) is 0 Å². The Labute approximate surface area is 128 Å². The minimum absolute atomic E-state index is 0. The predicted octanol–water partition coefficient (Wildman–Crippen LogP) is 2.10. The van der Waals surface area contributed by atoms with Gasteiger partial charge in [-0.25, -0.2) is 8.78 Å². The molecule has 2 rings (SSSR count). The van der Waals surface area contributed by atoms with E-state index in [1.54, 1.807) is 25.4 Å². The summed E-state index contributed by atoms with van der Waals surface area (Å²) in [5, 5.41) is 5.23. The van der Waals surface area contributed by atoms with Crippen molar-refractivity contribution in [3.63, 3.8) is 0 Å². The van der Waals surface area contributed by atoms with Crippen LogP contribution in [0.25, 0.3) is 0 Å². The van der Waals surface area contributed by atoms with Crippen molar-refractivity contribution in [3.8, 4) is 0 Å². The van der Waals surface area contributed by atoms with Gasteiger partial charge >= 0.3 is 0 Å². The molecule has 2 atom stereocenters. The largest absolute Gasteiger partial charge is 0.348 e. The van der Waals surface area contributed by atoms with Crippen molar-refractivity contribution in [1.82, 2.24) is 15.6 Å². The molecule has 1 aromatic heterocycles. The van der Waals surface area contributed by atoms with E-state index in [4.69, 9.17) is 0 Å². The molecule has 0 saturated carbocycles. The van der Waals surface area contributed by atoms with Gasteiger partial charge in [-0.1, -0.05) is 6.07 Å². The maximum Gasteiger partial charge on any atom is 0.262 e. The fourth-order valence-electron chi connectivity index (χ4n) is 1.93. The van der Waals surface area contributed by atoms with Crippen molar-refractivity contribution in [2.45, 2.75) is 31.4 Å². The maximum absolute atomic E-state index is 13.0. The third-order valence-corrected chi connectivity index (χ3v) is 2.97. The lowest BCUT2D eigenvalue weighted by atomic mass is 10.1. The van der Waals surface area contributed by atoms with Gasteiger partial charge in [-0.3, -0.25) is 15.1 Å². The van der Waals surface area contributed by atoms with Crippen molar-refractivity contribution in [3.05, 3.63) is 30.1 Å². The third kappa shape index (κ3) is 4.85. The molecule has 1 aliphatic rings. The van der Waals surface area contributed by atoms with E-state index >= 15 is 0 Å². The molecule has 8 heteroatoms. The standard InChI is InChI=1S/C12H15F2N3O.2ClH/c1-8(9-3-2-4-15-6-9)17-11(18)10-5-12(13,14)7-16-10;;/h2-4,6,8,10,16H,5,7H2,1H3,(H,17,18);2*1H/t8-,10?;;/m0../s1. The Balaban J connectivity index is 0.00000180. The van der Waals surface area contributed by atoms with Gasteiger partial charge in [0.15, 0.2) is 0 Å². The molecule has 2 heterocycles. The molecule has 0 spiro atoms. The van der Waals surface area contributed by atoms with E-state index in [1.165, 1.54) is 0 Å². The Bertz CT molecular complexity index is 434. The zero-order valence-corrected chi connectivity index (χ0v) is 12.4. The number of rotatable bonds is 3. The van der Waals surface area contributed by atoms with Crippen LogP contribution in [-0.4, -0.2) is 29.4 Å². The van der Waals surface area contributed by atoms with E-state index in [2.05, 4.69) is 15.6 Å². The van der Waals surface area contributed by atoms with Gasteiger partial charge in [-0.05, 0) is 18.6 Å². The van der Waals surface area contributed by atoms with Gasteiger partial charge in [-0.2, -0.15) is 0 Å². The Morgan fingerprint density at radius 3 is 2.75 bits per heavy atom. The number of hydrogen-bond donors (Lipinski definition) is 2. The predicted molar refractivity (Wildman–Crippen MR) is 76.6 cm³/mol. The van der Waals surface area contributed by atoms with Crippen LogP contribution in [0.5, 0.6) is 0 Å². The van der Waals surface area contributed by atoms with Gasteiger partial charge in [0.1, 0.15) is 0 Å². The highest BCUT2D eigenvalue weighted by molar-refractivity contribution is 5.85. The number of halogens is 4. The summed E-state index contributed by atoms with van der Waals surface area (Å²) < 4.78 is 25.9. The maximum atomic E-state index is 13.0. The van der Waals surface area contributed by atoms with Crippen molar-refractivity contribution in [2.24, 2.45) is 0 Å². The van der Waals surface area contributed by atoms with Gasteiger partial charge in [0.2, 0.25) is 5.91 Å². The number of amides is 1. The molecule has 20 heavy (non-hydrogen) atoms. The van der Waals surface area contributed by atoms with Crippen LogP contribution < -0.4 is 10.6 Å². The number of carbonyl (C=O) groups excluding carboxylic acids is 1. The van der Waals surface area contributed by atoms with E-state index in [-0.39, 0.29) is 30.9 Å². The number of carbonyl (C=O) groups is 1. The lowest BCUT2D eigenvalue weighted by molar-refractivity contribution is -0.124. The zero-order chi connectivity index (χ0) is 13.2. The molecule has 1 amide bonds. The van der Waals surface area contributed by atoms with Crippen LogP contribution in [0.15, 0.2) is 24.5 Å². The van der Waals surface area contributed by atoms with E-state index < -0.39 is 30.8 Å². The molecule has 1 fully saturated rings. The van der Waals surface area contributed by atoms with E-state index in [0.717, 1.165) is 5.56 Å². The molecule has 1 aromatic rings. The first kappa shape index (κ1) is 19.0. The molecule has 1 unspecified atom stereocenters. The monoisotopic (exact) mass is 327 g/mol. The van der Waals surface area contributed by atoms with Crippen LogP contribution >= 0.6 is 24.8 Å². The third-order valence-electron chi connectivity index (χ3n) is 2.97. The Hall–Kier alpha value is -0.980. The first-order valence-electron chi connectivity index (χ1n) is 5.79. The quantitative estimate of drug-likeness (QED) is 0.893. The second-order valence-electron chi connectivity index (χ2n) is 4.51. The average molecular weight is 328 g/mol. The topological polar surface area (TPSA) is 54.0 Å². The summed E-state index contributed by atoms with van der Waals surface area (Å²) in [6.07, 6.45) is 2.83. The van der Waals surface area contributed by atoms with Gasteiger partial charge < -0.3 is 5.32 Å². The zero-order valence-electron chi connectivity index (χ0n) is 10.8. The minimum Gasteiger partial charge on any atom is -0.348 e. The lowest BCUT2D eigenvalue weighted by Crippen LogP contribution is -2.41. The van der Waals surface area contributed by atoms with Crippen LogP contribution in [0.2, 0.25) is 0 Å². The smallest absolute Gasteiger partial charge is 0.262 e. The highest BCUT2D eigenvalue weighted by Crippen LogP contribution is 2.25. The van der Waals surface area contributed by atoms with Crippen molar-refractivity contribution < 1.29 is 13.6 Å². The van der Waals surface area contributed by atoms with Gasteiger partial charge in [0.05, 0.1) is 18.6 Å². The fraction of sp³-hybridized carbons (Fsp3) is 0.500. The minimum atomic E-state index is -2.79. The number of alkyl halides is 2. The van der Waals surface area contributed by atoms with Crippen LogP contribution in [-0.2, 0) is 4.79 Å². The molecular weight excluding hydrogens is 311 g/mol.